The Morgan fingerprint density at radius 3 is 2.74 bits per heavy atom. The van der Waals surface area contributed by atoms with Gasteiger partial charge in [-0.1, -0.05) is 12.1 Å². The summed E-state index contributed by atoms with van der Waals surface area (Å²) in [5, 5.41) is 0. The average molecular weight is 283 g/mol. The second-order valence-electron chi connectivity index (χ2n) is 4.03. The Bertz CT molecular complexity index is 667. The van der Waals surface area contributed by atoms with Gasteiger partial charge in [-0.2, -0.15) is 0 Å². The minimum atomic E-state index is -3.82. The third-order valence-corrected chi connectivity index (χ3v) is 4.18. The SMILES string of the molecule is Cn1ccnc1CCNS(=O)(=O)c1ccccc1F. The summed E-state index contributed by atoms with van der Waals surface area (Å²) in [5.74, 6) is 0.00299. The number of nitrogens with zero attached hydrogens (tertiary/aromatic N) is 2. The highest BCUT2D eigenvalue weighted by molar-refractivity contribution is 7.89. The number of hydrogen-bond donors (Lipinski definition) is 1. The maximum absolute atomic E-state index is 13.4. The predicted molar refractivity (Wildman–Crippen MR) is 68.5 cm³/mol. The van der Waals surface area contributed by atoms with E-state index in [2.05, 4.69) is 9.71 Å². The second-order valence-corrected chi connectivity index (χ2v) is 5.77. The molecule has 0 spiro atoms. The first-order valence-electron chi connectivity index (χ1n) is 5.71. The molecule has 1 aromatic carbocycles. The van der Waals surface area contributed by atoms with Crippen LogP contribution in [0, 0.1) is 5.82 Å². The topological polar surface area (TPSA) is 64.0 Å². The van der Waals surface area contributed by atoms with Crippen LogP contribution in [-0.4, -0.2) is 24.5 Å². The van der Waals surface area contributed by atoms with Crippen LogP contribution in [0.4, 0.5) is 4.39 Å². The number of sulfonamides is 1. The molecule has 2 rings (SSSR count). The molecule has 5 nitrogen and oxygen atoms in total. The molecule has 0 fully saturated rings. The molecule has 1 aromatic heterocycles. The Morgan fingerprint density at radius 1 is 1.37 bits per heavy atom. The van der Waals surface area contributed by atoms with E-state index in [-0.39, 0.29) is 11.4 Å². The normalized spacial score (nSPS) is 11.7. The zero-order valence-electron chi connectivity index (χ0n) is 10.4. The van der Waals surface area contributed by atoms with Crippen molar-refractivity contribution >= 4 is 10.0 Å². The van der Waals surface area contributed by atoms with Gasteiger partial charge in [-0.3, -0.25) is 0 Å². The average Bonchev–Trinajstić information content (AvgIpc) is 2.75. The molecule has 1 N–H and O–H groups in total. The highest BCUT2D eigenvalue weighted by atomic mass is 32.2. The van der Waals surface area contributed by atoms with E-state index in [1.807, 2.05) is 7.05 Å². The molecule has 0 amide bonds. The van der Waals surface area contributed by atoms with Crippen LogP contribution in [0.15, 0.2) is 41.6 Å². The van der Waals surface area contributed by atoms with Crippen molar-refractivity contribution in [1.29, 1.82) is 0 Å². The van der Waals surface area contributed by atoms with Gasteiger partial charge in [-0.15, -0.1) is 0 Å². The van der Waals surface area contributed by atoms with Crippen molar-refractivity contribution in [3.63, 3.8) is 0 Å². The molecule has 0 radical (unpaired) electrons. The lowest BCUT2D eigenvalue weighted by Crippen LogP contribution is -2.27. The molecule has 0 saturated heterocycles. The quantitative estimate of drug-likeness (QED) is 0.893. The number of halogens is 1. The summed E-state index contributed by atoms with van der Waals surface area (Å²) in [6.07, 6.45) is 3.86. The molecule has 0 bridgehead atoms. The maximum atomic E-state index is 13.4. The van der Waals surface area contributed by atoms with Crippen molar-refractivity contribution in [1.82, 2.24) is 14.3 Å². The summed E-state index contributed by atoms with van der Waals surface area (Å²) in [6.45, 7) is 0.168. The summed E-state index contributed by atoms with van der Waals surface area (Å²) in [5.41, 5.74) is 0. The number of benzene rings is 1. The van der Waals surface area contributed by atoms with Gasteiger partial charge in [-0.25, -0.2) is 22.5 Å². The van der Waals surface area contributed by atoms with Crippen molar-refractivity contribution in [2.24, 2.45) is 7.05 Å². The van der Waals surface area contributed by atoms with Crippen molar-refractivity contribution in [3.05, 3.63) is 48.3 Å². The van der Waals surface area contributed by atoms with Crippen molar-refractivity contribution < 1.29 is 12.8 Å². The molecular weight excluding hydrogens is 269 g/mol. The maximum Gasteiger partial charge on any atom is 0.243 e. The fourth-order valence-corrected chi connectivity index (χ4v) is 2.78. The molecule has 7 heteroatoms. The second kappa shape index (κ2) is 5.50. The number of aryl methyl sites for hydroxylation is 1. The van der Waals surface area contributed by atoms with Crippen LogP contribution in [0.3, 0.4) is 0 Å². The molecule has 102 valence electrons. The third-order valence-electron chi connectivity index (χ3n) is 2.69. The van der Waals surface area contributed by atoms with E-state index in [4.69, 9.17) is 0 Å². The van der Waals surface area contributed by atoms with Gasteiger partial charge >= 0.3 is 0 Å². The van der Waals surface area contributed by atoms with E-state index in [1.165, 1.54) is 18.2 Å². The lowest BCUT2D eigenvalue weighted by Gasteiger charge is -2.07. The molecule has 0 aliphatic carbocycles. The van der Waals surface area contributed by atoms with Gasteiger partial charge < -0.3 is 4.57 Å². The van der Waals surface area contributed by atoms with Gasteiger partial charge in [-0.05, 0) is 12.1 Å². The fourth-order valence-electron chi connectivity index (χ4n) is 1.67. The van der Waals surface area contributed by atoms with E-state index in [1.54, 1.807) is 17.0 Å². The first-order chi connectivity index (χ1) is 9.00. The Morgan fingerprint density at radius 2 is 2.11 bits per heavy atom. The van der Waals surface area contributed by atoms with Gasteiger partial charge in [0.05, 0.1) is 0 Å². The fraction of sp³-hybridized carbons (Fsp3) is 0.250. The number of rotatable bonds is 5. The summed E-state index contributed by atoms with van der Waals surface area (Å²) < 4.78 is 41.4. The summed E-state index contributed by atoms with van der Waals surface area (Å²) >= 11 is 0. The van der Waals surface area contributed by atoms with E-state index in [9.17, 15) is 12.8 Å². The molecule has 1 heterocycles. The Hall–Kier alpha value is -1.73. The molecule has 0 aliphatic rings. The smallest absolute Gasteiger partial charge is 0.243 e. The number of aromatic nitrogens is 2. The van der Waals surface area contributed by atoms with Crippen LogP contribution in [0.1, 0.15) is 5.82 Å². The van der Waals surface area contributed by atoms with Crippen LogP contribution in [0.25, 0.3) is 0 Å². The molecule has 0 aliphatic heterocycles. The van der Waals surface area contributed by atoms with E-state index in [0.717, 1.165) is 11.9 Å². The van der Waals surface area contributed by atoms with Gasteiger partial charge in [0, 0.05) is 32.4 Å². The lowest BCUT2D eigenvalue weighted by molar-refractivity contribution is 0.556. The van der Waals surface area contributed by atoms with Gasteiger partial charge in [0.25, 0.3) is 0 Å². The van der Waals surface area contributed by atoms with E-state index in [0.29, 0.717) is 6.42 Å². The largest absolute Gasteiger partial charge is 0.338 e. The minimum absolute atomic E-state index is 0.168. The van der Waals surface area contributed by atoms with Gasteiger partial charge in [0.2, 0.25) is 10.0 Å². The van der Waals surface area contributed by atoms with Crippen LogP contribution in [0.2, 0.25) is 0 Å². The first kappa shape index (κ1) is 13.7. The van der Waals surface area contributed by atoms with Crippen molar-refractivity contribution in [3.8, 4) is 0 Å². The minimum Gasteiger partial charge on any atom is -0.338 e. The van der Waals surface area contributed by atoms with Crippen LogP contribution in [-0.2, 0) is 23.5 Å². The van der Waals surface area contributed by atoms with Crippen LogP contribution >= 0.6 is 0 Å². The van der Waals surface area contributed by atoms with Crippen LogP contribution in [0.5, 0.6) is 0 Å². The van der Waals surface area contributed by atoms with Crippen LogP contribution < -0.4 is 4.72 Å². The van der Waals surface area contributed by atoms with Gasteiger partial charge in [0.1, 0.15) is 16.5 Å². The molecule has 0 atom stereocenters. The highest BCUT2D eigenvalue weighted by Crippen LogP contribution is 2.12. The summed E-state index contributed by atoms with van der Waals surface area (Å²) in [6, 6.07) is 5.28. The van der Waals surface area contributed by atoms with E-state index < -0.39 is 15.8 Å². The molecule has 19 heavy (non-hydrogen) atoms. The van der Waals surface area contributed by atoms with Gasteiger partial charge in [0.15, 0.2) is 0 Å². The lowest BCUT2D eigenvalue weighted by atomic mass is 10.4. The summed E-state index contributed by atoms with van der Waals surface area (Å²) in [4.78, 5) is 3.74. The molecule has 2 aromatic rings. The third kappa shape index (κ3) is 3.18. The Balaban J connectivity index is 2.03. The number of hydrogen-bond acceptors (Lipinski definition) is 3. The molecular formula is C12H14FN3O2S. The van der Waals surface area contributed by atoms with Crippen molar-refractivity contribution in [2.75, 3.05) is 6.54 Å². The van der Waals surface area contributed by atoms with Crippen molar-refractivity contribution in [2.45, 2.75) is 11.3 Å². The standard InChI is InChI=1S/C12H14FN3O2S/c1-16-9-8-14-12(16)6-7-15-19(17,18)11-5-3-2-4-10(11)13/h2-5,8-9,15H,6-7H2,1H3. The van der Waals surface area contributed by atoms with E-state index >= 15 is 0 Å². The number of nitrogens with one attached hydrogen (secondary N) is 1. The first-order valence-corrected chi connectivity index (χ1v) is 7.19. The number of imidazole rings is 1. The zero-order valence-corrected chi connectivity index (χ0v) is 11.2. The monoisotopic (exact) mass is 283 g/mol. The molecule has 0 unspecified atom stereocenters. The Kier molecular flexibility index (Phi) is 3.96. The molecule has 0 saturated carbocycles. The Labute approximate surface area is 111 Å². The summed E-state index contributed by atoms with van der Waals surface area (Å²) in [7, 11) is -1.99. The zero-order chi connectivity index (χ0) is 13.9. The highest BCUT2D eigenvalue weighted by Gasteiger charge is 2.17. The predicted octanol–water partition coefficient (Wildman–Crippen LogP) is 1.08.